The highest BCUT2D eigenvalue weighted by Crippen LogP contribution is 2.41. The van der Waals surface area contributed by atoms with Crippen molar-refractivity contribution in [2.24, 2.45) is 0 Å². The van der Waals surface area contributed by atoms with Crippen molar-refractivity contribution in [3.63, 3.8) is 0 Å². The van der Waals surface area contributed by atoms with Gasteiger partial charge in [0.1, 0.15) is 16.5 Å². The zero-order valence-corrected chi connectivity index (χ0v) is 17.9. The number of anilines is 2. The molecule has 0 atom stereocenters. The Morgan fingerprint density at radius 2 is 1.80 bits per heavy atom. The number of benzene rings is 2. The number of fused-ring (bicyclic) bond motifs is 3. The lowest BCUT2D eigenvalue weighted by Gasteiger charge is -2.13. The normalized spacial score (nSPS) is 12.7. The predicted octanol–water partition coefficient (Wildman–Crippen LogP) is 5.53. The molecule has 0 fully saturated rings. The van der Waals surface area contributed by atoms with Crippen LogP contribution in [0.3, 0.4) is 0 Å². The molecule has 4 aromatic rings. The summed E-state index contributed by atoms with van der Waals surface area (Å²) >= 11 is 1.81. The molecular weight excluding hydrogens is 394 g/mol. The molecule has 2 aromatic carbocycles. The molecule has 0 radical (unpaired) electrons. The third-order valence-corrected chi connectivity index (χ3v) is 6.65. The van der Waals surface area contributed by atoms with Crippen molar-refractivity contribution >= 4 is 33.1 Å². The standard InChI is InChI=1S/C24H23N3O2S/c1-28-18-12-11-16(14-19(18)29-2)25-23-22-17-9-6-10-20(17)30-24(22)27-21(26-23)13-15-7-4-3-5-8-15/h3-5,7-8,11-12,14H,6,9-10,13H2,1-2H3,(H,25,26,27). The molecule has 5 rings (SSSR count). The van der Waals surface area contributed by atoms with E-state index in [1.165, 1.54) is 27.8 Å². The summed E-state index contributed by atoms with van der Waals surface area (Å²) in [5.74, 6) is 3.10. The Morgan fingerprint density at radius 3 is 2.60 bits per heavy atom. The predicted molar refractivity (Wildman–Crippen MR) is 122 cm³/mol. The van der Waals surface area contributed by atoms with Crippen LogP contribution in [0.4, 0.5) is 11.5 Å². The number of methoxy groups -OCH3 is 2. The smallest absolute Gasteiger partial charge is 0.162 e. The molecule has 30 heavy (non-hydrogen) atoms. The second-order valence-electron chi connectivity index (χ2n) is 7.38. The van der Waals surface area contributed by atoms with Gasteiger partial charge in [-0.2, -0.15) is 0 Å². The minimum atomic E-state index is 0.688. The van der Waals surface area contributed by atoms with Crippen molar-refractivity contribution in [1.29, 1.82) is 0 Å². The van der Waals surface area contributed by atoms with Gasteiger partial charge in [0.05, 0.1) is 19.6 Å². The molecule has 6 heteroatoms. The molecular formula is C24H23N3O2S. The summed E-state index contributed by atoms with van der Waals surface area (Å²) in [5.41, 5.74) is 3.53. The van der Waals surface area contributed by atoms with Crippen molar-refractivity contribution in [1.82, 2.24) is 9.97 Å². The van der Waals surface area contributed by atoms with Gasteiger partial charge >= 0.3 is 0 Å². The van der Waals surface area contributed by atoms with Crippen molar-refractivity contribution in [3.05, 3.63) is 70.4 Å². The van der Waals surface area contributed by atoms with Gasteiger partial charge in [0.2, 0.25) is 0 Å². The van der Waals surface area contributed by atoms with Crippen LogP contribution in [0.5, 0.6) is 11.5 Å². The van der Waals surface area contributed by atoms with Crippen LogP contribution in [0.15, 0.2) is 48.5 Å². The first-order valence-corrected chi connectivity index (χ1v) is 10.9. The van der Waals surface area contributed by atoms with E-state index < -0.39 is 0 Å². The van der Waals surface area contributed by atoms with Crippen LogP contribution in [-0.4, -0.2) is 24.2 Å². The number of aryl methyl sites for hydroxylation is 2. The van der Waals surface area contributed by atoms with Gasteiger partial charge in [0.15, 0.2) is 11.5 Å². The lowest BCUT2D eigenvalue weighted by atomic mass is 10.1. The Morgan fingerprint density at radius 1 is 0.967 bits per heavy atom. The van der Waals surface area contributed by atoms with Crippen molar-refractivity contribution < 1.29 is 9.47 Å². The summed E-state index contributed by atoms with van der Waals surface area (Å²) in [7, 11) is 3.29. The Labute approximate surface area is 179 Å². The fraction of sp³-hybridized carbons (Fsp3) is 0.250. The molecule has 0 bridgehead atoms. The molecule has 0 saturated carbocycles. The van der Waals surface area contributed by atoms with Crippen LogP contribution in [0.25, 0.3) is 10.2 Å². The molecule has 0 aliphatic heterocycles. The number of nitrogens with zero attached hydrogens (tertiary/aromatic N) is 2. The van der Waals surface area contributed by atoms with Crippen LogP contribution >= 0.6 is 11.3 Å². The zero-order valence-electron chi connectivity index (χ0n) is 17.1. The van der Waals surface area contributed by atoms with Crippen molar-refractivity contribution in [3.8, 4) is 11.5 Å². The van der Waals surface area contributed by atoms with E-state index in [1.54, 1.807) is 14.2 Å². The Bertz CT molecular complexity index is 1200. The summed E-state index contributed by atoms with van der Waals surface area (Å²) in [6.07, 6.45) is 4.15. The fourth-order valence-corrected chi connectivity index (χ4v) is 5.32. The highest BCUT2D eigenvalue weighted by atomic mass is 32.1. The highest BCUT2D eigenvalue weighted by molar-refractivity contribution is 7.19. The van der Waals surface area contributed by atoms with Crippen LogP contribution in [-0.2, 0) is 19.3 Å². The largest absolute Gasteiger partial charge is 0.493 e. The van der Waals surface area contributed by atoms with Gasteiger partial charge in [-0.1, -0.05) is 30.3 Å². The Hall–Kier alpha value is -3.12. The van der Waals surface area contributed by atoms with E-state index in [9.17, 15) is 0 Å². The van der Waals surface area contributed by atoms with Crippen molar-refractivity contribution in [2.75, 3.05) is 19.5 Å². The first kappa shape index (κ1) is 18.9. The number of thiophene rings is 1. The van der Waals surface area contributed by atoms with E-state index in [0.29, 0.717) is 17.9 Å². The van der Waals surface area contributed by atoms with Gasteiger partial charge in [-0.3, -0.25) is 0 Å². The number of ether oxygens (including phenoxy) is 2. The Balaban J connectivity index is 1.58. The molecule has 0 amide bonds. The minimum absolute atomic E-state index is 0.688. The molecule has 0 spiro atoms. The fourth-order valence-electron chi connectivity index (χ4n) is 4.04. The van der Waals surface area contributed by atoms with E-state index >= 15 is 0 Å². The first-order chi connectivity index (χ1) is 14.7. The lowest BCUT2D eigenvalue weighted by Crippen LogP contribution is -2.03. The summed E-state index contributed by atoms with van der Waals surface area (Å²) in [4.78, 5) is 12.4. The average molecular weight is 418 g/mol. The molecule has 2 heterocycles. The average Bonchev–Trinajstić information content (AvgIpc) is 3.35. The molecule has 152 valence electrons. The highest BCUT2D eigenvalue weighted by Gasteiger charge is 2.22. The quantitative estimate of drug-likeness (QED) is 0.447. The summed E-state index contributed by atoms with van der Waals surface area (Å²) < 4.78 is 10.8. The second kappa shape index (κ2) is 7.95. The molecule has 1 N–H and O–H groups in total. The molecule has 1 aliphatic rings. The molecule has 0 unspecified atom stereocenters. The topological polar surface area (TPSA) is 56.3 Å². The van der Waals surface area contributed by atoms with Crippen LogP contribution in [0, 0.1) is 0 Å². The summed E-state index contributed by atoms with van der Waals surface area (Å²) in [6, 6.07) is 16.2. The summed E-state index contributed by atoms with van der Waals surface area (Å²) in [5, 5.41) is 4.70. The lowest BCUT2D eigenvalue weighted by molar-refractivity contribution is 0.355. The molecule has 0 saturated heterocycles. The van der Waals surface area contributed by atoms with E-state index in [1.807, 2.05) is 35.6 Å². The molecule has 1 aliphatic carbocycles. The Kier molecular flexibility index (Phi) is 5.01. The van der Waals surface area contributed by atoms with Gasteiger partial charge in [-0.25, -0.2) is 9.97 Å². The van der Waals surface area contributed by atoms with E-state index in [-0.39, 0.29) is 0 Å². The molecule has 2 aromatic heterocycles. The minimum Gasteiger partial charge on any atom is -0.493 e. The molecule has 5 nitrogen and oxygen atoms in total. The second-order valence-corrected chi connectivity index (χ2v) is 8.47. The summed E-state index contributed by atoms with van der Waals surface area (Å²) in [6.45, 7) is 0. The van der Waals surface area contributed by atoms with E-state index in [2.05, 4.69) is 29.6 Å². The first-order valence-electron chi connectivity index (χ1n) is 10.1. The maximum Gasteiger partial charge on any atom is 0.162 e. The number of rotatable bonds is 6. The van der Waals surface area contributed by atoms with Gasteiger partial charge in [-0.05, 0) is 42.5 Å². The SMILES string of the molecule is COc1ccc(Nc2nc(Cc3ccccc3)nc3sc4c(c23)CCC4)cc1OC. The maximum absolute atomic E-state index is 5.47. The number of aromatic nitrogens is 2. The van der Waals surface area contributed by atoms with Gasteiger partial charge in [0, 0.05) is 23.1 Å². The van der Waals surface area contributed by atoms with Crippen LogP contribution in [0.1, 0.15) is 28.2 Å². The van der Waals surface area contributed by atoms with E-state index in [4.69, 9.17) is 19.4 Å². The number of hydrogen-bond acceptors (Lipinski definition) is 6. The third-order valence-electron chi connectivity index (χ3n) is 5.46. The van der Waals surface area contributed by atoms with Gasteiger partial charge in [-0.15, -0.1) is 11.3 Å². The van der Waals surface area contributed by atoms with Gasteiger partial charge in [0.25, 0.3) is 0 Å². The van der Waals surface area contributed by atoms with Crippen LogP contribution in [0.2, 0.25) is 0 Å². The number of nitrogens with one attached hydrogen (secondary N) is 1. The zero-order chi connectivity index (χ0) is 20.5. The maximum atomic E-state index is 5.47. The van der Waals surface area contributed by atoms with Crippen molar-refractivity contribution in [2.45, 2.75) is 25.7 Å². The van der Waals surface area contributed by atoms with Gasteiger partial charge < -0.3 is 14.8 Å². The third kappa shape index (κ3) is 3.48. The monoisotopic (exact) mass is 417 g/mol. The van der Waals surface area contributed by atoms with E-state index in [0.717, 1.165) is 35.0 Å². The number of hydrogen-bond donors (Lipinski definition) is 1. The van der Waals surface area contributed by atoms with Crippen LogP contribution < -0.4 is 14.8 Å².